The molecule has 0 aromatic heterocycles. The molecule has 0 fully saturated rings. The fraction of sp³-hybridized carbons (Fsp3) is 0.462. The van der Waals surface area contributed by atoms with Crippen molar-refractivity contribution in [2.75, 3.05) is 17.2 Å². The van der Waals surface area contributed by atoms with Gasteiger partial charge in [-0.2, -0.15) is 11.8 Å². The average Bonchev–Trinajstić information content (AvgIpc) is 2.34. The van der Waals surface area contributed by atoms with Crippen LogP contribution in [-0.4, -0.2) is 23.5 Å². The Morgan fingerprint density at radius 2 is 2.26 bits per heavy atom. The van der Waals surface area contributed by atoms with Gasteiger partial charge < -0.3 is 11.1 Å². The standard InChI is InChI=1S/C13H18BrFN2OS/c1-3-19-5-4-8(2)17-13(18)9-6-12(16)11(15)7-10(9)14/h6-8H,3-5,16H2,1-2H3,(H,17,18). The van der Waals surface area contributed by atoms with Crippen molar-refractivity contribution in [3.05, 3.63) is 28.0 Å². The number of nitrogens with one attached hydrogen (secondary N) is 1. The summed E-state index contributed by atoms with van der Waals surface area (Å²) >= 11 is 5.01. The van der Waals surface area contributed by atoms with Crippen molar-refractivity contribution in [3.63, 3.8) is 0 Å². The van der Waals surface area contributed by atoms with Crippen molar-refractivity contribution in [2.24, 2.45) is 0 Å². The minimum atomic E-state index is -0.532. The Bertz CT molecular complexity index is 457. The van der Waals surface area contributed by atoms with Gasteiger partial charge in [0.05, 0.1) is 11.3 Å². The van der Waals surface area contributed by atoms with E-state index in [1.54, 1.807) is 0 Å². The third kappa shape index (κ3) is 5.03. The van der Waals surface area contributed by atoms with Crippen molar-refractivity contribution in [2.45, 2.75) is 26.3 Å². The molecule has 0 spiro atoms. The summed E-state index contributed by atoms with van der Waals surface area (Å²) in [6, 6.07) is 2.63. The lowest BCUT2D eigenvalue weighted by molar-refractivity contribution is 0.0938. The highest BCUT2D eigenvalue weighted by atomic mass is 79.9. The van der Waals surface area contributed by atoms with Crippen molar-refractivity contribution >= 4 is 39.3 Å². The quantitative estimate of drug-likeness (QED) is 0.611. The van der Waals surface area contributed by atoms with E-state index in [-0.39, 0.29) is 17.6 Å². The number of benzene rings is 1. The predicted molar refractivity (Wildman–Crippen MR) is 83.1 cm³/mol. The molecule has 1 atom stereocenters. The van der Waals surface area contributed by atoms with Gasteiger partial charge in [0.2, 0.25) is 0 Å². The molecular weight excluding hydrogens is 331 g/mol. The first-order chi connectivity index (χ1) is 8.95. The molecule has 3 nitrogen and oxygen atoms in total. The fourth-order valence-electron chi connectivity index (χ4n) is 1.52. The van der Waals surface area contributed by atoms with Crippen LogP contribution in [-0.2, 0) is 0 Å². The summed E-state index contributed by atoms with van der Waals surface area (Å²) in [6.45, 7) is 4.06. The molecule has 0 aliphatic heterocycles. The molecule has 0 aliphatic rings. The van der Waals surface area contributed by atoms with Gasteiger partial charge in [0, 0.05) is 10.5 Å². The molecule has 6 heteroatoms. The van der Waals surface area contributed by atoms with Crippen molar-refractivity contribution in [1.29, 1.82) is 0 Å². The van der Waals surface area contributed by atoms with Crippen LogP contribution in [0.15, 0.2) is 16.6 Å². The third-order valence-corrected chi connectivity index (χ3v) is 4.20. The molecule has 106 valence electrons. The van der Waals surface area contributed by atoms with E-state index in [1.807, 2.05) is 18.7 Å². The maximum Gasteiger partial charge on any atom is 0.252 e. The van der Waals surface area contributed by atoms with Crippen LogP contribution in [0.1, 0.15) is 30.6 Å². The minimum absolute atomic E-state index is 0.0254. The minimum Gasteiger partial charge on any atom is -0.396 e. The smallest absolute Gasteiger partial charge is 0.252 e. The predicted octanol–water partition coefficient (Wildman–Crippen LogP) is 3.43. The molecule has 0 bridgehead atoms. The van der Waals surface area contributed by atoms with Crippen LogP contribution in [0.25, 0.3) is 0 Å². The first-order valence-electron chi connectivity index (χ1n) is 6.08. The van der Waals surface area contributed by atoms with Crippen molar-refractivity contribution in [3.8, 4) is 0 Å². The number of rotatable bonds is 6. The van der Waals surface area contributed by atoms with Crippen LogP contribution in [0, 0.1) is 5.82 Å². The molecular formula is C13H18BrFN2OS. The number of hydrogen-bond donors (Lipinski definition) is 2. The summed E-state index contributed by atoms with van der Waals surface area (Å²) in [5.41, 5.74) is 5.81. The van der Waals surface area contributed by atoms with Crippen LogP contribution >= 0.6 is 27.7 Å². The molecule has 0 radical (unpaired) electrons. The largest absolute Gasteiger partial charge is 0.396 e. The first kappa shape index (κ1) is 16.3. The first-order valence-corrected chi connectivity index (χ1v) is 8.03. The molecule has 3 N–H and O–H groups in total. The molecule has 1 aromatic rings. The van der Waals surface area contributed by atoms with E-state index >= 15 is 0 Å². The molecule has 19 heavy (non-hydrogen) atoms. The zero-order chi connectivity index (χ0) is 14.4. The molecule has 0 aliphatic carbocycles. The van der Waals surface area contributed by atoms with E-state index in [0.29, 0.717) is 10.0 Å². The van der Waals surface area contributed by atoms with Gasteiger partial charge in [-0.1, -0.05) is 6.92 Å². The van der Waals surface area contributed by atoms with E-state index in [1.165, 1.54) is 12.1 Å². The third-order valence-electron chi connectivity index (χ3n) is 2.61. The van der Waals surface area contributed by atoms with E-state index in [4.69, 9.17) is 5.73 Å². The van der Waals surface area contributed by atoms with Crippen LogP contribution < -0.4 is 11.1 Å². The number of thioether (sulfide) groups is 1. The topological polar surface area (TPSA) is 55.1 Å². The van der Waals surface area contributed by atoms with Gasteiger partial charge in [0.1, 0.15) is 5.82 Å². The summed E-state index contributed by atoms with van der Waals surface area (Å²) in [5, 5.41) is 2.88. The van der Waals surface area contributed by atoms with E-state index in [9.17, 15) is 9.18 Å². The van der Waals surface area contributed by atoms with E-state index in [0.717, 1.165) is 17.9 Å². The highest BCUT2D eigenvalue weighted by Gasteiger charge is 2.15. The second-order valence-corrected chi connectivity index (χ2v) is 6.46. The van der Waals surface area contributed by atoms with Crippen molar-refractivity contribution in [1.82, 2.24) is 5.32 Å². The van der Waals surface area contributed by atoms with Gasteiger partial charge in [-0.05, 0) is 52.9 Å². The number of nitrogen functional groups attached to an aromatic ring is 1. The monoisotopic (exact) mass is 348 g/mol. The molecule has 0 saturated heterocycles. The van der Waals surface area contributed by atoms with Gasteiger partial charge in [-0.15, -0.1) is 0 Å². The van der Waals surface area contributed by atoms with Gasteiger partial charge in [0.25, 0.3) is 5.91 Å². The second kappa shape index (κ2) is 7.75. The van der Waals surface area contributed by atoms with Gasteiger partial charge in [-0.3, -0.25) is 4.79 Å². The molecule has 1 rings (SSSR count). The zero-order valence-electron chi connectivity index (χ0n) is 11.0. The second-order valence-electron chi connectivity index (χ2n) is 4.21. The summed E-state index contributed by atoms with van der Waals surface area (Å²) < 4.78 is 13.6. The number of amides is 1. The van der Waals surface area contributed by atoms with E-state index in [2.05, 4.69) is 28.2 Å². The average molecular weight is 349 g/mol. The highest BCUT2D eigenvalue weighted by molar-refractivity contribution is 9.10. The van der Waals surface area contributed by atoms with Crippen LogP contribution in [0.4, 0.5) is 10.1 Å². The Balaban J connectivity index is 2.65. The maximum absolute atomic E-state index is 13.2. The summed E-state index contributed by atoms with van der Waals surface area (Å²) in [5.74, 6) is 1.30. The molecule has 0 saturated carbocycles. The Morgan fingerprint density at radius 3 is 2.89 bits per heavy atom. The Hall–Kier alpha value is -0.750. The number of halogens is 2. The summed E-state index contributed by atoms with van der Waals surface area (Å²) in [6.07, 6.45) is 0.901. The highest BCUT2D eigenvalue weighted by Crippen LogP contribution is 2.23. The molecule has 1 amide bonds. The molecule has 1 aromatic carbocycles. The van der Waals surface area contributed by atoms with Gasteiger partial charge >= 0.3 is 0 Å². The number of carbonyl (C=O) groups is 1. The zero-order valence-corrected chi connectivity index (χ0v) is 13.4. The van der Waals surface area contributed by atoms with E-state index < -0.39 is 5.82 Å². The summed E-state index contributed by atoms with van der Waals surface area (Å²) in [4.78, 5) is 12.0. The van der Waals surface area contributed by atoms with Crippen LogP contribution in [0.3, 0.4) is 0 Å². The van der Waals surface area contributed by atoms with Crippen LogP contribution in [0.5, 0.6) is 0 Å². The van der Waals surface area contributed by atoms with Gasteiger partial charge in [-0.25, -0.2) is 4.39 Å². The van der Waals surface area contributed by atoms with Gasteiger partial charge in [0.15, 0.2) is 0 Å². The Labute approximate surface area is 125 Å². The lowest BCUT2D eigenvalue weighted by atomic mass is 10.1. The SMILES string of the molecule is CCSCCC(C)NC(=O)c1cc(N)c(F)cc1Br. The summed E-state index contributed by atoms with van der Waals surface area (Å²) in [7, 11) is 0. The Kier molecular flexibility index (Phi) is 6.65. The van der Waals surface area contributed by atoms with Crippen LogP contribution in [0.2, 0.25) is 0 Å². The lowest BCUT2D eigenvalue weighted by Gasteiger charge is -2.14. The normalized spacial score (nSPS) is 12.2. The Morgan fingerprint density at radius 1 is 1.58 bits per heavy atom. The molecule has 0 heterocycles. The number of nitrogens with two attached hydrogens (primary N) is 1. The number of anilines is 1. The number of hydrogen-bond acceptors (Lipinski definition) is 3. The number of carbonyl (C=O) groups excluding carboxylic acids is 1. The lowest BCUT2D eigenvalue weighted by Crippen LogP contribution is -2.33. The van der Waals surface area contributed by atoms with Crippen molar-refractivity contribution < 1.29 is 9.18 Å². The molecule has 1 unspecified atom stereocenters. The fourth-order valence-corrected chi connectivity index (χ4v) is 2.82. The maximum atomic E-state index is 13.2.